The highest BCUT2D eigenvalue weighted by molar-refractivity contribution is 7.80. The second-order valence-corrected chi connectivity index (χ2v) is 2.89. The maximum atomic E-state index is 10.9. The Hall–Kier alpha value is -0.380. The average Bonchev–Trinajstić information content (AvgIpc) is 1.87. The van der Waals surface area contributed by atoms with E-state index in [1.165, 1.54) is 4.90 Å². The van der Waals surface area contributed by atoms with Gasteiger partial charge >= 0.3 is 6.03 Å². The quantitative estimate of drug-likeness (QED) is 0.459. The molecule has 60 valence electrons. The third kappa shape index (κ3) is 3.61. The van der Waals surface area contributed by atoms with Crippen LogP contribution in [-0.2, 0) is 0 Å². The van der Waals surface area contributed by atoms with Gasteiger partial charge in [0.25, 0.3) is 0 Å². The summed E-state index contributed by atoms with van der Waals surface area (Å²) in [6.45, 7) is 1.97. The summed E-state index contributed by atoms with van der Waals surface area (Å²) in [5, 5.41) is 2.65. The highest BCUT2D eigenvalue weighted by Crippen LogP contribution is 1.95. The summed E-state index contributed by atoms with van der Waals surface area (Å²) in [6.07, 6.45) is 0.836. The second-order valence-electron chi connectivity index (χ2n) is 2.27. The number of rotatable bonds is 2. The maximum absolute atomic E-state index is 10.9. The van der Waals surface area contributed by atoms with E-state index in [1.807, 2.05) is 6.92 Å². The van der Waals surface area contributed by atoms with Crippen molar-refractivity contribution in [2.75, 3.05) is 14.1 Å². The fourth-order valence-corrected chi connectivity index (χ4v) is 0.484. The van der Waals surface area contributed by atoms with Gasteiger partial charge in [0, 0.05) is 14.1 Å². The monoisotopic (exact) mass is 162 g/mol. The highest BCUT2D eigenvalue weighted by Gasteiger charge is 2.05. The molecular weight excluding hydrogens is 148 g/mol. The van der Waals surface area contributed by atoms with Gasteiger partial charge in [-0.3, -0.25) is 0 Å². The molecule has 0 saturated heterocycles. The molecule has 0 bridgehead atoms. The molecular formula is C6H14N2OS. The minimum atomic E-state index is -0.0955. The number of carbonyl (C=O) groups excluding carboxylic acids is 1. The molecule has 0 radical (unpaired) electrons. The molecule has 1 atom stereocenters. The zero-order chi connectivity index (χ0) is 8.15. The number of thiol groups is 1. The normalized spacial score (nSPS) is 12.4. The van der Waals surface area contributed by atoms with E-state index in [2.05, 4.69) is 17.9 Å². The van der Waals surface area contributed by atoms with Gasteiger partial charge in [0.15, 0.2) is 0 Å². The Morgan fingerprint density at radius 1 is 1.70 bits per heavy atom. The number of urea groups is 1. The zero-order valence-electron chi connectivity index (χ0n) is 6.59. The van der Waals surface area contributed by atoms with Crippen LogP contribution in [-0.4, -0.2) is 30.4 Å². The summed E-state index contributed by atoms with van der Waals surface area (Å²) >= 11 is 4.11. The zero-order valence-corrected chi connectivity index (χ0v) is 7.48. The lowest BCUT2D eigenvalue weighted by Crippen LogP contribution is -2.38. The maximum Gasteiger partial charge on any atom is 0.317 e. The first kappa shape index (κ1) is 9.62. The summed E-state index contributed by atoms with van der Waals surface area (Å²) in [5.74, 6) is 0. The van der Waals surface area contributed by atoms with Crippen molar-refractivity contribution in [1.29, 1.82) is 0 Å². The molecule has 0 aliphatic rings. The number of nitrogens with one attached hydrogen (secondary N) is 1. The van der Waals surface area contributed by atoms with Gasteiger partial charge in [-0.05, 0) is 6.42 Å². The molecule has 0 spiro atoms. The van der Waals surface area contributed by atoms with Crippen LogP contribution in [0.2, 0.25) is 0 Å². The molecule has 0 aromatic carbocycles. The van der Waals surface area contributed by atoms with Gasteiger partial charge in [0.1, 0.15) is 0 Å². The van der Waals surface area contributed by atoms with Crippen molar-refractivity contribution in [1.82, 2.24) is 10.2 Å². The summed E-state index contributed by atoms with van der Waals surface area (Å²) < 4.78 is 0. The Morgan fingerprint density at radius 3 is 2.50 bits per heavy atom. The van der Waals surface area contributed by atoms with E-state index in [4.69, 9.17) is 0 Å². The topological polar surface area (TPSA) is 32.3 Å². The second kappa shape index (κ2) is 4.44. The summed E-state index contributed by atoms with van der Waals surface area (Å²) in [5.41, 5.74) is 0. The number of nitrogens with zero attached hydrogens (tertiary/aromatic N) is 1. The fourth-order valence-electron chi connectivity index (χ4n) is 0.374. The predicted molar refractivity (Wildman–Crippen MR) is 45.3 cm³/mol. The molecule has 0 aromatic heterocycles. The third-order valence-corrected chi connectivity index (χ3v) is 1.58. The van der Waals surface area contributed by atoms with E-state index < -0.39 is 0 Å². The molecule has 2 amide bonds. The van der Waals surface area contributed by atoms with Gasteiger partial charge in [-0.1, -0.05) is 6.92 Å². The van der Waals surface area contributed by atoms with E-state index in [0.29, 0.717) is 0 Å². The summed E-state index contributed by atoms with van der Waals surface area (Å²) in [4.78, 5) is 12.4. The molecule has 0 saturated carbocycles. The van der Waals surface area contributed by atoms with Crippen LogP contribution >= 0.6 is 12.6 Å². The molecule has 1 unspecified atom stereocenters. The minimum absolute atomic E-state index is 0.0325. The molecule has 0 heterocycles. The van der Waals surface area contributed by atoms with Gasteiger partial charge in [-0.25, -0.2) is 4.79 Å². The van der Waals surface area contributed by atoms with Gasteiger partial charge in [0.2, 0.25) is 0 Å². The van der Waals surface area contributed by atoms with E-state index in [0.717, 1.165) is 6.42 Å². The van der Waals surface area contributed by atoms with E-state index >= 15 is 0 Å². The van der Waals surface area contributed by atoms with Crippen molar-refractivity contribution in [3.8, 4) is 0 Å². The average molecular weight is 162 g/mol. The fraction of sp³-hybridized carbons (Fsp3) is 0.833. The van der Waals surface area contributed by atoms with E-state index in [-0.39, 0.29) is 11.4 Å². The van der Waals surface area contributed by atoms with Crippen LogP contribution in [0.1, 0.15) is 13.3 Å². The Balaban J connectivity index is 3.57. The van der Waals surface area contributed by atoms with Crippen LogP contribution in [0.3, 0.4) is 0 Å². The van der Waals surface area contributed by atoms with Crippen LogP contribution in [0.15, 0.2) is 0 Å². The van der Waals surface area contributed by atoms with E-state index in [9.17, 15) is 4.79 Å². The molecule has 0 rings (SSSR count). The number of hydrogen-bond acceptors (Lipinski definition) is 2. The van der Waals surface area contributed by atoms with Crippen LogP contribution in [0.5, 0.6) is 0 Å². The lowest BCUT2D eigenvalue weighted by Gasteiger charge is -2.15. The molecule has 10 heavy (non-hydrogen) atoms. The molecule has 0 aliphatic heterocycles. The van der Waals surface area contributed by atoms with Gasteiger partial charge < -0.3 is 10.2 Å². The van der Waals surface area contributed by atoms with Gasteiger partial charge in [-0.15, -0.1) is 0 Å². The van der Waals surface area contributed by atoms with Crippen LogP contribution < -0.4 is 5.32 Å². The number of amides is 2. The minimum Gasteiger partial charge on any atom is -0.331 e. The Morgan fingerprint density at radius 2 is 2.20 bits per heavy atom. The lowest BCUT2D eigenvalue weighted by atomic mass is 10.5. The number of carbonyl (C=O) groups is 1. The van der Waals surface area contributed by atoms with Crippen LogP contribution in [0, 0.1) is 0 Å². The molecule has 0 aromatic rings. The molecule has 1 N–H and O–H groups in total. The summed E-state index contributed by atoms with van der Waals surface area (Å²) in [6, 6.07) is -0.0955. The molecule has 4 heteroatoms. The van der Waals surface area contributed by atoms with Gasteiger partial charge in [-0.2, -0.15) is 12.6 Å². The first-order chi connectivity index (χ1) is 4.57. The molecule has 3 nitrogen and oxygen atoms in total. The molecule has 0 aliphatic carbocycles. The number of hydrogen-bond donors (Lipinski definition) is 2. The lowest BCUT2D eigenvalue weighted by molar-refractivity contribution is 0.216. The van der Waals surface area contributed by atoms with Crippen molar-refractivity contribution in [2.24, 2.45) is 0 Å². The van der Waals surface area contributed by atoms with Crippen molar-refractivity contribution < 1.29 is 4.79 Å². The Labute approximate surface area is 67.2 Å². The standard InChI is InChI=1S/C6H14N2OS/c1-4-5(10)7-6(9)8(2)3/h5,10H,4H2,1-3H3,(H,7,9). The van der Waals surface area contributed by atoms with Crippen LogP contribution in [0.4, 0.5) is 4.79 Å². The van der Waals surface area contributed by atoms with Crippen molar-refractivity contribution in [2.45, 2.75) is 18.7 Å². The van der Waals surface area contributed by atoms with Crippen molar-refractivity contribution in [3.05, 3.63) is 0 Å². The Bertz CT molecular complexity index is 116. The highest BCUT2D eigenvalue weighted by atomic mass is 32.1. The first-order valence-electron chi connectivity index (χ1n) is 3.23. The van der Waals surface area contributed by atoms with Gasteiger partial charge in [0.05, 0.1) is 5.37 Å². The SMILES string of the molecule is CCC(S)NC(=O)N(C)C. The third-order valence-electron chi connectivity index (χ3n) is 1.08. The predicted octanol–water partition coefficient (Wildman–Crippen LogP) is 0.924. The van der Waals surface area contributed by atoms with Crippen molar-refractivity contribution >= 4 is 18.7 Å². The van der Waals surface area contributed by atoms with Crippen LogP contribution in [0.25, 0.3) is 0 Å². The first-order valence-corrected chi connectivity index (χ1v) is 3.75. The van der Waals surface area contributed by atoms with Crippen molar-refractivity contribution in [3.63, 3.8) is 0 Å². The largest absolute Gasteiger partial charge is 0.331 e. The van der Waals surface area contributed by atoms with E-state index in [1.54, 1.807) is 14.1 Å². The molecule has 0 fully saturated rings. The smallest absolute Gasteiger partial charge is 0.317 e. The Kier molecular flexibility index (Phi) is 4.27. The summed E-state index contributed by atoms with van der Waals surface area (Å²) in [7, 11) is 3.40.